The van der Waals surface area contributed by atoms with Crippen LogP contribution in [0.5, 0.6) is 0 Å². The second-order valence-electron chi connectivity index (χ2n) is 5.34. The minimum absolute atomic E-state index is 0.497. The molecule has 86 valence electrons. The van der Waals surface area contributed by atoms with Crippen LogP contribution in [0.1, 0.15) is 32.1 Å². The second-order valence-corrected chi connectivity index (χ2v) is 5.34. The van der Waals surface area contributed by atoms with E-state index in [1.807, 2.05) is 0 Å². The van der Waals surface area contributed by atoms with Gasteiger partial charge in [0, 0.05) is 25.2 Å². The molecule has 2 bridgehead atoms. The molecule has 3 fully saturated rings. The number of rotatable bonds is 4. The molecule has 15 heavy (non-hydrogen) atoms. The Morgan fingerprint density at radius 2 is 2.20 bits per heavy atom. The molecule has 0 aromatic carbocycles. The van der Waals surface area contributed by atoms with E-state index in [0.717, 1.165) is 31.2 Å². The summed E-state index contributed by atoms with van der Waals surface area (Å²) in [6, 6.07) is 1.65. The van der Waals surface area contributed by atoms with Gasteiger partial charge in [-0.05, 0) is 44.6 Å². The largest absolute Gasteiger partial charge is 0.377 e. The topological polar surface area (TPSA) is 33.3 Å². The fraction of sp³-hybridized carbons (Fsp3) is 1.00. The van der Waals surface area contributed by atoms with Gasteiger partial charge in [0.2, 0.25) is 0 Å². The van der Waals surface area contributed by atoms with Crippen LogP contribution in [0.2, 0.25) is 0 Å². The Morgan fingerprint density at radius 3 is 2.87 bits per heavy atom. The molecule has 0 aromatic rings. The highest BCUT2D eigenvalue weighted by Gasteiger charge is 2.38. The molecule has 2 N–H and O–H groups in total. The first-order valence-corrected chi connectivity index (χ1v) is 6.50. The minimum atomic E-state index is 0.497. The van der Waals surface area contributed by atoms with E-state index < -0.39 is 0 Å². The van der Waals surface area contributed by atoms with E-state index in [9.17, 15) is 0 Å². The summed E-state index contributed by atoms with van der Waals surface area (Å²) in [6.45, 7) is 3.23. The first-order valence-electron chi connectivity index (χ1n) is 6.50. The van der Waals surface area contributed by atoms with Gasteiger partial charge in [0.05, 0.1) is 6.10 Å². The van der Waals surface area contributed by atoms with Gasteiger partial charge in [0.15, 0.2) is 0 Å². The van der Waals surface area contributed by atoms with Gasteiger partial charge < -0.3 is 15.4 Å². The van der Waals surface area contributed by atoms with Gasteiger partial charge in [-0.1, -0.05) is 0 Å². The molecular formula is C12H22N2O. The molecule has 3 aliphatic rings. The van der Waals surface area contributed by atoms with Crippen molar-refractivity contribution in [3.63, 3.8) is 0 Å². The smallest absolute Gasteiger partial charge is 0.0700 e. The number of ether oxygens (including phenoxy) is 1. The van der Waals surface area contributed by atoms with E-state index in [4.69, 9.17) is 4.74 Å². The molecule has 3 heteroatoms. The fourth-order valence-corrected chi connectivity index (χ4v) is 3.40. The highest BCUT2D eigenvalue weighted by atomic mass is 16.5. The molecule has 0 aliphatic carbocycles. The van der Waals surface area contributed by atoms with Crippen molar-refractivity contribution in [1.29, 1.82) is 0 Å². The average molecular weight is 210 g/mol. The van der Waals surface area contributed by atoms with E-state index in [0.29, 0.717) is 6.10 Å². The first-order chi connectivity index (χ1) is 7.42. The maximum absolute atomic E-state index is 5.60. The van der Waals surface area contributed by atoms with E-state index in [2.05, 4.69) is 10.6 Å². The van der Waals surface area contributed by atoms with Gasteiger partial charge in [-0.3, -0.25) is 0 Å². The molecule has 3 heterocycles. The van der Waals surface area contributed by atoms with Crippen LogP contribution in [-0.4, -0.2) is 37.9 Å². The van der Waals surface area contributed by atoms with Crippen LogP contribution >= 0.6 is 0 Å². The van der Waals surface area contributed by atoms with E-state index in [1.165, 1.54) is 38.6 Å². The molecule has 3 rings (SSSR count). The zero-order chi connectivity index (χ0) is 10.1. The van der Waals surface area contributed by atoms with Crippen molar-refractivity contribution < 1.29 is 4.74 Å². The molecule has 3 aliphatic heterocycles. The Balaban J connectivity index is 1.36. The van der Waals surface area contributed by atoms with Crippen LogP contribution in [0.15, 0.2) is 0 Å². The Morgan fingerprint density at radius 1 is 1.20 bits per heavy atom. The van der Waals surface area contributed by atoms with Crippen molar-refractivity contribution in [2.75, 3.05) is 19.7 Å². The summed E-state index contributed by atoms with van der Waals surface area (Å²) in [6.07, 6.45) is 7.20. The zero-order valence-electron chi connectivity index (χ0n) is 9.37. The highest BCUT2D eigenvalue weighted by molar-refractivity contribution is 4.97. The van der Waals surface area contributed by atoms with Crippen molar-refractivity contribution in [2.24, 2.45) is 5.92 Å². The SMILES string of the molecule is C1COC(CNCC2CC3CCC2N3)C1. The second kappa shape index (κ2) is 4.40. The summed E-state index contributed by atoms with van der Waals surface area (Å²) < 4.78 is 5.60. The van der Waals surface area contributed by atoms with E-state index in [-0.39, 0.29) is 0 Å². The maximum Gasteiger partial charge on any atom is 0.0700 e. The lowest BCUT2D eigenvalue weighted by molar-refractivity contribution is 0.109. The lowest BCUT2D eigenvalue weighted by atomic mass is 9.89. The Labute approximate surface area is 91.9 Å². The van der Waals surface area contributed by atoms with E-state index >= 15 is 0 Å². The van der Waals surface area contributed by atoms with Crippen molar-refractivity contribution in [2.45, 2.75) is 50.3 Å². The molecule has 0 spiro atoms. The fourth-order valence-electron chi connectivity index (χ4n) is 3.40. The molecule has 0 amide bonds. The Hall–Kier alpha value is -0.120. The van der Waals surface area contributed by atoms with Crippen LogP contribution in [0, 0.1) is 5.92 Å². The summed E-state index contributed by atoms with van der Waals surface area (Å²) in [7, 11) is 0. The third-order valence-electron chi connectivity index (χ3n) is 4.23. The van der Waals surface area contributed by atoms with Gasteiger partial charge in [-0.2, -0.15) is 0 Å². The Bertz CT molecular complexity index is 216. The minimum Gasteiger partial charge on any atom is -0.377 e. The third kappa shape index (κ3) is 2.19. The monoisotopic (exact) mass is 210 g/mol. The lowest BCUT2D eigenvalue weighted by Gasteiger charge is -2.21. The van der Waals surface area contributed by atoms with Crippen LogP contribution in [0.3, 0.4) is 0 Å². The van der Waals surface area contributed by atoms with Gasteiger partial charge in [-0.25, -0.2) is 0 Å². The van der Waals surface area contributed by atoms with Crippen LogP contribution in [-0.2, 0) is 4.74 Å². The van der Waals surface area contributed by atoms with Gasteiger partial charge >= 0.3 is 0 Å². The lowest BCUT2D eigenvalue weighted by Crippen LogP contribution is -2.35. The highest BCUT2D eigenvalue weighted by Crippen LogP contribution is 2.32. The molecule has 0 radical (unpaired) electrons. The summed E-state index contributed by atoms with van der Waals surface area (Å²) in [5, 5.41) is 7.27. The zero-order valence-corrected chi connectivity index (χ0v) is 9.37. The number of hydrogen-bond acceptors (Lipinski definition) is 3. The summed E-state index contributed by atoms with van der Waals surface area (Å²) in [5.74, 6) is 0.880. The van der Waals surface area contributed by atoms with Crippen LogP contribution in [0.25, 0.3) is 0 Å². The van der Waals surface area contributed by atoms with Crippen molar-refractivity contribution in [3.05, 3.63) is 0 Å². The molecule has 3 nitrogen and oxygen atoms in total. The normalized spacial score (nSPS) is 44.0. The van der Waals surface area contributed by atoms with Crippen molar-refractivity contribution in [3.8, 4) is 0 Å². The number of nitrogens with one attached hydrogen (secondary N) is 2. The van der Waals surface area contributed by atoms with Crippen molar-refractivity contribution in [1.82, 2.24) is 10.6 Å². The predicted octanol–water partition coefficient (Wildman–Crippen LogP) is 0.895. The number of fused-ring (bicyclic) bond motifs is 2. The summed E-state index contributed by atoms with van der Waals surface area (Å²) >= 11 is 0. The molecular weight excluding hydrogens is 188 g/mol. The summed E-state index contributed by atoms with van der Waals surface area (Å²) in [5.41, 5.74) is 0. The van der Waals surface area contributed by atoms with Crippen LogP contribution < -0.4 is 10.6 Å². The average Bonchev–Trinajstić information content (AvgIpc) is 2.93. The van der Waals surface area contributed by atoms with Crippen molar-refractivity contribution >= 4 is 0 Å². The van der Waals surface area contributed by atoms with E-state index in [1.54, 1.807) is 0 Å². The van der Waals surface area contributed by atoms with Gasteiger partial charge in [0.25, 0.3) is 0 Å². The van der Waals surface area contributed by atoms with Crippen LogP contribution in [0.4, 0.5) is 0 Å². The molecule has 0 saturated carbocycles. The maximum atomic E-state index is 5.60. The molecule has 4 unspecified atom stereocenters. The quantitative estimate of drug-likeness (QED) is 0.723. The molecule has 4 atom stereocenters. The third-order valence-corrected chi connectivity index (χ3v) is 4.23. The van der Waals surface area contributed by atoms with Gasteiger partial charge in [-0.15, -0.1) is 0 Å². The molecule has 0 aromatic heterocycles. The Kier molecular flexibility index (Phi) is 2.95. The standard InChI is InChI=1S/C12H22N2O/c1-2-11(15-5-1)8-13-7-9-6-10-3-4-12(9)14-10/h9-14H,1-8H2. The first kappa shape index (κ1) is 10.1. The summed E-state index contributed by atoms with van der Waals surface area (Å²) in [4.78, 5) is 0. The van der Waals surface area contributed by atoms with Gasteiger partial charge in [0.1, 0.15) is 0 Å². The predicted molar refractivity (Wildman–Crippen MR) is 59.9 cm³/mol. The molecule has 3 saturated heterocycles. The number of hydrogen-bond donors (Lipinski definition) is 2.